The lowest BCUT2D eigenvalue weighted by atomic mass is 9.94. The van der Waals surface area contributed by atoms with Crippen molar-refractivity contribution in [1.82, 2.24) is 0 Å². The van der Waals surface area contributed by atoms with Crippen LogP contribution in [0.15, 0.2) is 18.2 Å². The van der Waals surface area contributed by atoms with Crippen molar-refractivity contribution < 1.29 is 9.66 Å². The number of ether oxygens (including phenoxy) is 1. The molecule has 1 aromatic carbocycles. The minimum absolute atomic E-state index is 0.0139. The molecule has 0 spiro atoms. The Bertz CT molecular complexity index is 459. The number of rotatable bonds is 4. The SMILES string of the molecule is NC1CCC(OCc2ccc(Cl)cc2[N+](=O)[O-])CC1. The van der Waals surface area contributed by atoms with Crippen molar-refractivity contribution in [2.75, 3.05) is 0 Å². The second kappa shape index (κ2) is 6.32. The number of benzene rings is 1. The molecule has 0 amide bonds. The fourth-order valence-electron chi connectivity index (χ4n) is 2.29. The van der Waals surface area contributed by atoms with Crippen molar-refractivity contribution in [1.29, 1.82) is 0 Å². The molecule has 0 unspecified atom stereocenters. The molecule has 0 radical (unpaired) electrons. The van der Waals surface area contributed by atoms with E-state index in [-0.39, 0.29) is 24.4 Å². The van der Waals surface area contributed by atoms with Crippen LogP contribution in [0.4, 0.5) is 5.69 Å². The lowest BCUT2D eigenvalue weighted by Crippen LogP contribution is -2.30. The van der Waals surface area contributed by atoms with Crippen molar-refractivity contribution in [3.63, 3.8) is 0 Å². The van der Waals surface area contributed by atoms with E-state index in [0.717, 1.165) is 25.7 Å². The van der Waals surface area contributed by atoms with Crippen LogP contribution in [-0.4, -0.2) is 17.1 Å². The highest BCUT2D eigenvalue weighted by atomic mass is 35.5. The topological polar surface area (TPSA) is 78.4 Å². The maximum Gasteiger partial charge on any atom is 0.276 e. The molecular formula is C13H17ClN2O3. The van der Waals surface area contributed by atoms with Gasteiger partial charge in [-0.25, -0.2) is 0 Å². The highest BCUT2D eigenvalue weighted by Crippen LogP contribution is 2.26. The molecule has 0 atom stereocenters. The van der Waals surface area contributed by atoms with Gasteiger partial charge in [0.25, 0.3) is 5.69 Å². The third kappa shape index (κ3) is 3.89. The van der Waals surface area contributed by atoms with Crippen LogP contribution >= 0.6 is 11.6 Å². The average molecular weight is 285 g/mol. The Morgan fingerprint density at radius 2 is 2.05 bits per heavy atom. The summed E-state index contributed by atoms with van der Waals surface area (Å²) in [5, 5.41) is 11.3. The molecular weight excluding hydrogens is 268 g/mol. The predicted molar refractivity (Wildman–Crippen MR) is 73.1 cm³/mol. The third-order valence-electron chi connectivity index (χ3n) is 3.44. The summed E-state index contributed by atoms with van der Waals surface area (Å²) in [6, 6.07) is 4.92. The Kier molecular flexibility index (Phi) is 4.74. The quantitative estimate of drug-likeness (QED) is 0.681. The summed E-state index contributed by atoms with van der Waals surface area (Å²) in [5.74, 6) is 0. The Labute approximate surface area is 116 Å². The van der Waals surface area contributed by atoms with Gasteiger partial charge in [-0.1, -0.05) is 11.6 Å². The summed E-state index contributed by atoms with van der Waals surface area (Å²) in [6.07, 6.45) is 3.89. The second-order valence-electron chi connectivity index (χ2n) is 4.88. The van der Waals surface area contributed by atoms with E-state index < -0.39 is 4.92 Å². The molecule has 104 valence electrons. The van der Waals surface area contributed by atoms with Gasteiger partial charge in [-0.2, -0.15) is 0 Å². The van der Waals surface area contributed by atoms with Gasteiger partial charge in [-0.3, -0.25) is 10.1 Å². The molecule has 1 aliphatic carbocycles. The lowest BCUT2D eigenvalue weighted by molar-refractivity contribution is -0.386. The molecule has 0 aliphatic heterocycles. The first-order valence-electron chi connectivity index (χ1n) is 6.36. The van der Waals surface area contributed by atoms with E-state index in [2.05, 4.69) is 0 Å². The predicted octanol–water partition coefficient (Wildman–Crippen LogP) is 3.03. The number of halogens is 1. The number of nitrogens with zero attached hydrogens (tertiary/aromatic N) is 1. The van der Waals surface area contributed by atoms with E-state index in [1.54, 1.807) is 12.1 Å². The molecule has 0 aromatic heterocycles. The summed E-state index contributed by atoms with van der Waals surface area (Å²) >= 11 is 5.77. The molecule has 0 saturated heterocycles. The zero-order chi connectivity index (χ0) is 13.8. The van der Waals surface area contributed by atoms with Crippen LogP contribution in [0.1, 0.15) is 31.2 Å². The minimum atomic E-state index is -0.429. The summed E-state index contributed by atoms with van der Waals surface area (Å²) < 4.78 is 5.74. The zero-order valence-electron chi connectivity index (χ0n) is 10.5. The maximum absolute atomic E-state index is 10.9. The number of nitro groups is 1. The Morgan fingerprint density at radius 1 is 1.37 bits per heavy atom. The van der Waals surface area contributed by atoms with Gasteiger partial charge in [-0.15, -0.1) is 0 Å². The standard InChI is InChI=1S/C13H17ClN2O3/c14-10-2-1-9(13(7-10)16(17)18)8-19-12-5-3-11(15)4-6-12/h1-2,7,11-12H,3-6,8,15H2. The first-order chi connectivity index (χ1) is 9.06. The molecule has 2 rings (SSSR count). The Morgan fingerprint density at radius 3 is 2.68 bits per heavy atom. The average Bonchev–Trinajstić information content (AvgIpc) is 2.39. The van der Waals surface area contributed by atoms with Gasteiger partial charge in [0, 0.05) is 17.1 Å². The van der Waals surface area contributed by atoms with Crippen LogP contribution in [0.3, 0.4) is 0 Å². The van der Waals surface area contributed by atoms with E-state index in [0.29, 0.717) is 10.6 Å². The van der Waals surface area contributed by atoms with Gasteiger partial charge in [-0.05, 0) is 37.8 Å². The molecule has 19 heavy (non-hydrogen) atoms. The van der Waals surface area contributed by atoms with Crippen molar-refractivity contribution in [3.8, 4) is 0 Å². The molecule has 1 aromatic rings. The first kappa shape index (κ1) is 14.2. The summed E-state index contributed by atoms with van der Waals surface area (Å²) in [4.78, 5) is 10.5. The largest absolute Gasteiger partial charge is 0.373 e. The lowest BCUT2D eigenvalue weighted by Gasteiger charge is -2.26. The fraction of sp³-hybridized carbons (Fsp3) is 0.538. The van der Waals surface area contributed by atoms with Crippen LogP contribution in [0.5, 0.6) is 0 Å². The molecule has 1 fully saturated rings. The maximum atomic E-state index is 10.9. The first-order valence-corrected chi connectivity index (χ1v) is 6.74. The van der Waals surface area contributed by atoms with Crippen LogP contribution in [0.25, 0.3) is 0 Å². The monoisotopic (exact) mass is 284 g/mol. The summed E-state index contributed by atoms with van der Waals surface area (Å²) in [7, 11) is 0. The number of nitro benzene ring substituents is 1. The fourth-order valence-corrected chi connectivity index (χ4v) is 2.46. The molecule has 5 nitrogen and oxygen atoms in total. The number of hydrogen-bond donors (Lipinski definition) is 1. The van der Waals surface area contributed by atoms with Gasteiger partial charge in [0.05, 0.1) is 23.2 Å². The van der Waals surface area contributed by atoms with E-state index in [9.17, 15) is 10.1 Å². The smallest absolute Gasteiger partial charge is 0.276 e. The van der Waals surface area contributed by atoms with E-state index in [4.69, 9.17) is 22.1 Å². The molecule has 0 heterocycles. The highest BCUT2D eigenvalue weighted by Gasteiger charge is 2.21. The normalized spacial score (nSPS) is 23.3. The van der Waals surface area contributed by atoms with Gasteiger partial charge in [0.2, 0.25) is 0 Å². The Balaban J connectivity index is 1.97. The van der Waals surface area contributed by atoms with Crippen LogP contribution in [0.2, 0.25) is 5.02 Å². The second-order valence-corrected chi connectivity index (χ2v) is 5.31. The van der Waals surface area contributed by atoms with E-state index in [1.165, 1.54) is 6.07 Å². The van der Waals surface area contributed by atoms with Crippen molar-refractivity contribution in [2.45, 2.75) is 44.4 Å². The van der Waals surface area contributed by atoms with Crippen molar-refractivity contribution in [3.05, 3.63) is 38.9 Å². The molecule has 1 saturated carbocycles. The highest BCUT2D eigenvalue weighted by molar-refractivity contribution is 6.30. The molecule has 2 N–H and O–H groups in total. The van der Waals surface area contributed by atoms with Crippen LogP contribution in [0, 0.1) is 10.1 Å². The van der Waals surface area contributed by atoms with E-state index >= 15 is 0 Å². The van der Waals surface area contributed by atoms with Gasteiger partial charge < -0.3 is 10.5 Å². The van der Waals surface area contributed by atoms with Gasteiger partial charge >= 0.3 is 0 Å². The summed E-state index contributed by atoms with van der Waals surface area (Å²) in [5.41, 5.74) is 6.40. The van der Waals surface area contributed by atoms with E-state index in [1.807, 2.05) is 0 Å². The third-order valence-corrected chi connectivity index (χ3v) is 3.67. The van der Waals surface area contributed by atoms with Crippen molar-refractivity contribution in [2.24, 2.45) is 5.73 Å². The van der Waals surface area contributed by atoms with Crippen molar-refractivity contribution >= 4 is 17.3 Å². The molecule has 1 aliphatic rings. The van der Waals surface area contributed by atoms with Gasteiger partial charge in [0.1, 0.15) is 0 Å². The number of nitrogens with two attached hydrogens (primary N) is 1. The van der Waals surface area contributed by atoms with Crippen LogP contribution in [-0.2, 0) is 11.3 Å². The van der Waals surface area contributed by atoms with Gasteiger partial charge in [0.15, 0.2) is 0 Å². The summed E-state index contributed by atoms with van der Waals surface area (Å²) in [6.45, 7) is 0.243. The Hall–Kier alpha value is -1.17. The van der Waals surface area contributed by atoms with Crippen LogP contribution < -0.4 is 5.73 Å². The zero-order valence-corrected chi connectivity index (χ0v) is 11.3. The minimum Gasteiger partial charge on any atom is -0.373 e. The number of hydrogen-bond acceptors (Lipinski definition) is 4. The molecule has 0 bridgehead atoms. The molecule has 6 heteroatoms.